The molecular weight excluding hydrogens is 465 g/mol. The van der Waals surface area contributed by atoms with Gasteiger partial charge in [-0.15, -0.1) is 0 Å². The number of anilines is 1. The lowest BCUT2D eigenvalue weighted by atomic mass is 10.1. The van der Waals surface area contributed by atoms with Crippen molar-refractivity contribution in [2.75, 3.05) is 44.2 Å². The van der Waals surface area contributed by atoms with Crippen LogP contribution in [0.2, 0.25) is 5.02 Å². The SMILES string of the molecule is O=C(N=[N+]=NCCN1CCN(c2nc(Cc3ccc(F)cc3)ns2)CC1)c1ccc(Cl)cc1. The molecule has 8 nitrogen and oxygen atoms in total. The van der Waals surface area contributed by atoms with Gasteiger partial charge < -0.3 is 4.90 Å². The van der Waals surface area contributed by atoms with Gasteiger partial charge in [0, 0.05) is 61.3 Å². The number of benzene rings is 2. The molecule has 0 radical (unpaired) electrons. The third-order valence-electron chi connectivity index (χ3n) is 5.18. The van der Waals surface area contributed by atoms with Gasteiger partial charge in [0.05, 0.1) is 0 Å². The van der Waals surface area contributed by atoms with E-state index in [1.54, 1.807) is 36.4 Å². The van der Waals surface area contributed by atoms with E-state index in [4.69, 9.17) is 11.6 Å². The highest BCUT2D eigenvalue weighted by Crippen LogP contribution is 2.20. The minimum atomic E-state index is -0.445. The van der Waals surface area contributed by atoms with E-state index < -0.39 is 5.91 Å². The highest BCUT2D eigenvalue weighted by molar-refractivity contribution is 7.09. The molecule has 33 heavy (non-hydrogen) atoms. The molecule has 1 fully saturated rings. The Morgan fingerprint density at radius 1 is 1.09 bits per heavy atom. The van der Waals surface area contributed by atoms with Crippen molar-refractivity contribution in [1.82, 2.24) is 19.2 Å². The first-order chi connectivity index (χ1) is 16.1. The van der Waals surface area contributed by atoms with Gasteiger partial charge >= 0.3 is 5.91 Å². The van der Waals surface area contributed by atoms with E-state index in [9.17, 15) is 9.18 Å². The van der Waals surface area contributed by atoms with Crippen LogP contribution in [0.3, 0.4) is 0 Å². The largest absolute Gasteiger partial charge is 0.360 e. The smallest absolute Gasteiger partial charge is 0.344 e. The van der Waals surface area contributed by atoms with Crippen LogP contribution in [0.1, 0.15) is 21.7 Å². The standard InChI is InChI=1S/C22H22ClFN7OS/c23-18-5-3-17(4-6-18)21(32)27-29-25-9-10-30-11-13-31(14-12-30)22-26-20(28-33-22)15-16-1-7-19(24)8-2-16/h1-8H,9-15H2/q+1. The third-order valence-corrected chi connectivity index (χ3v) is 6.25. The zero-order chi connectivity index (χ0) is 23.0. The first-order valence-corrected chi connectivity index (χ1v) is 11.6. The Morgan fingerprint density at radius 3 is 2.55 bits per heavy atom. The van der Waals surface area contributed by atoms with Crippen molar-refractivity contribution in [3.63, 3.8) is 0 Å². The second kappa shape index (κ2) is 11.2. The topological polar surface area (TPSA) is 88.2 Å². The number of rotatable bonds is 7. The first-order valence-electron chi connectivity index (χ1n) is 10.5. The number of piperazine rings is 1. The quantitative estimate of drug-likeness (QED) is 0.374. The number of hydrogen-bond donors (Lipinski definition) is 0. The van der Waals surface area contributed by atoms with Gasteiger partial charge in [0.25, 0.3) is 0 Å². The molecule has 1 aliphatic heterocycles. The van der Waals surface area contributed by atoms with Crippen LogP contribution in [0.5, 0.6) is 0 Å². The van der Waals surface area contributed by atoms with Crippen LogP contribution >= 0.6 is 23.1 Å². The minimum Gasteiger partial charge on any atom is -0.344 e. The van der Waals surface area contributed by atoms with Crippen LogP contribution < -0.4 is 9.81 Å². The zero-order valence-corrected chi connectivity index (χ0v) is 19.3. The Balaban J connectivity index is 1.20. The number of hydrogen-bond acceptors (Lipinski definition) is 7. The summed E-state index contributed by atoms with van der Waals surface area (Å²) < 4.78 is 17.5. The molecule has 11 heteroatoms. The van der Waals surface area contributed by atoms with Crippen molar-refractivity contribution in [1.29, 1.82) is 0 Å². The van der Waals surface area contributed by atoms with Gasteiger partial charge in [-0.2, -0.15) is 4.37 Å². The van der Waals surface area contributed by atoms with Crippen molar-refractivity contribution >= 4 is 34.2 Å². The number of amides is 1. The van der Waals surface area contributed by atoms with Crippen molar-refractivity contribution < 1.29 is 9.18 Å². The summed E-state index contributed by atoms with van der Waals surface area (Å²) in [6, 6.07) is 12.9. The lowest BCUT2D eigenvalue weighted by Crippen LogP contribution is -2.47. The molecule has 0 bridgehead atoms. The summed E-state index contributed by atoms with van der Waals surface area (Å²) in [5, 5.41) is 9.07. The fourth-order valence-electron chi connectivity index (χ4n) is 3.35. The Kier molecular flexibility index (Phi) is 7.85. The van der Waals surface area contributed by atoms with Crippen molar-refractivity contribution in [2.24, 2.45) is 10.2 Å². The number of carbonyl (C=O) groups excluding carboxylic acids is 1. The first kappa shape index (κ1) is 23.1. The Hall–Kier alpha value is -3.04. The Bertz CT molecular complexity index is 1140. The van der Waals surface area contributed by atoms with E-state index in [0.717, 1.165) is 49.2 Å². The van der Waals surface area contributed by atoms with Gasteiger partial charge in [-0.05, 0) is 42.0 Å². The van der Waals surface area contributed by atoms with Crippen LogP contribution in [0.4, 0.5) is 9.52 Å². The zero-order valence-electron chi connectivity index (χ0n) is 17.8. The predicted octanol–water partition coefficient (Wildman–Crippen LogP) is 3.86. The summed E-state index contributed by atoms with van der Waals surface area (Å²) >= 11 is 7.20. The van der Waals surface area contributed by atoms with Gasteiger partial charge in [0.15, 0.2) is 0 Å². The molecule has 0 atom stereocenters. The van der Waals surface area contributed by atoms with Gasteiger partial charge in [-0.3, -0.25) is 9.69 Å². The van der Waals surface area contributed by atoms with Crippen LogP contribution in [0, 0.1) is 5.82 Å². The molecule has 3 aromatic rings. The fraction of sp³-hybridized carbons (Fsp3) is 0.318. The molecule has 0 spiro atoms. The summed E-state index contributed by atoms with van der Waals surface area (Å²) in [6.07, 6.45) is 0.591. The maximum Gasteiger partial charge on any atom is 0.360 e. The second-order valence-electron chi connectivity index (χ2n) is 7.49. The molecule has 0 N–H and O–H groups in total. The molecule has 2 aromatic carbocycles. The number of nitrogens with zero attached hydrogens (tertiary/aromatic N) is 7. The maximum absolute atomic E-state index is 13.1. The molecular formula is C22H22ClFN7OS+. The Labute approximate surface area is 199 Å². The van der Waals surface area contributed by atoms with E-state index in [-0.39, 0.29) is 5.82 Å². The molecule has 4 rings (SSSR count). The molecule has 0 saturated carbocycles. The number of halogens is 2. The second-order valence-corrected chi connectivity index (χ2v) is 8.66. The van der Waals surface area contributed by atoms with Gasteiger partial charge in [0.2, 0.25) is 15.2 Å². The van der Waals surface area contributed by atoms with E-state index in [2.05, 4.69) is 34.3 Å². The number of carbonyl (C=O) groups is 1. The average molecular weight is 487 g/mol. The van der Waals surface area contributed by atoms with Gasteiger partial charge in [-0.25, -0.2) is 9.37 Å². The third kappa shape index (κ3) is 6.72. The van der Waals surface area contributed by atoms with Crippen molar-refractivity contribution in [3.05, 3.63) is 76.3 Å². The molecule has 1 aromatic heterocycles. The molecule has 1 aliphatic rings. The molecule has 2 heterocycles. The molecule has 0 aliphatic carbocycles. The molecule has 1 saturated heterocycles. The lowest BCUT2D eigenvalue weighted by molar-refractivity contribution is 0.0992. The monoisotopic (exact) mass is 486 g/mol. The molecule has 170 valence electrons. The lowest BCUT2D eigenvalue weighted by Gasteiger charge is -2.33. The maximum atomic E-state index is 13.1. The normalized spacial score (nSPS) is 14.1. The highest BCUT2D eigenvalue weighted by Gasteiger charge is 2.20. The average Bonchev–Trinajstić information content (AvgIpc) is 3.29. The fourth-order valence-corrected chi connectivity index (χ4v) is 4.21. The van der Waals surface area contributed by atoms with Gasteiger partial charge in [-0.1, -0.05) is 23.7 Å². The summed E-state index contributed by atoms with van der Waals surface area (Å²) in [4.78, 5) is 24.7. The van der Waals surface area contributed by atoms with Crippen LogP contribution in [0.25, 0.3) is 0 Å². The molecule has 0 unspecified atom stereocenters. The van der Waals surface area contributed by atoms with E-state index in [1.165, 1.54) is 23.7 Å². The van der Waals surface area contributed by atoms with Crippen LogP contribution in [-0.4, -0.2) is 59.4 Å². The summed E-state index contributed by atoms with van der Waals surface area (Å²) in [5.41, 5.74) is 1.41. The predicted molar refractivity (Wildman–Crippen MR) is 125 cm³/mol. The van der Waals surface area contributed by atoms with Gasteiger partial charge in [0.1, 0.15) is 23.3 Å². The summed E-state index contributed by atoms with van der Waals surface area (Å²) in [6.45, 7) is 4.67. The van der Waals surface area contributed by atoms with E-state index >= 15 is 0 Å². The minimum absolute atomic E-state index is 0.245. The van der Waals surface area contributed by atoms with Crippen LogP contribution in [-0.2, 0) is 6.42 Å². The van der Waals surface area contributed by atoms with Crippen LogP contribution in [0.15, 0.2) is 58.8 Å². The summed E-state index contributed by atoms with van der Waals surface area (Å²) in [7, 11) is 0. The summed E-state index contributed by atoms with van der Waals surface area (Å²) in [5.74, 6) is 0.0621. The van der Waals surface area contributed by atoms with E-state index in [0.29, 0.717) is 23.6 Å². The number of aromatic nitrogens is 2. The Morgan fingerprint density at radius 2 is 1.82 bits per heavy atom. The highest BCUT2D eigenvalue weighted by atomic mass is 35.5. The molecule has 1 amide bonds. The van der Waals surface area contributed by atoms with Crippen molar-refractivity contribution in [3.8, 4) is 0 Å². The van der Waals surface area contributed by atoms with E-state index in [1.807, 2.05) is 0 Å². The van der Waals surface area contributed by atoms with Crippen molar-refractivity contribution in [2.45, 2.75) is 6.42 Å².